The molecule has 1 aromatic heterocycles. The van der Waals surface area contributed by atoms with Crippen molar-refractivity contribution in [1.82, 2.24) is 20.6 Å². The maximum atomic E-state index is 6.31. The minimum absolute atomic E-state index is 0.275. The lowest BCUT2D eigenvalue weighted by Gasteiger charge is -2.14. The lowest BCUT2D eigenvalue weighted by atomic mass is 10.2. The van der Waals surface area contributed by atoms with Crippen molar-refractivity contribution in [2.45, 2.75) is 6.61 Å². The highest BCUT2D eigenvalue weighted by Crippen LogP contribution is 2.39. The van der Waals surface area contributed by atoms with E-state index in [2.05, 4.69) is 20.6 Å². The number of hydrogen-bond donors (Lipinski definition) is 1. The Morgan fingerprint density at radius 1 is 1.13 bits per heavy atom. The van der Waals surface area contributed by atoms with Crippen molar-refractivity contribution in [3.8, 4) is 22.9 Å². The van der Waals surface area contributed by atoms with Gasteiger partial charge >= 0.3 is 0 Å². The molecule has 0 aliphatic carbocycles. The number of H-pyrrole nitrogens is 1. The van der Waals surface area contributed by atoms with Crippen LogP contribution < -0.4 is 9.47 Å². The van der Waals surface area contributed by atoms with Gasteiger partial charge in [-0.1, -0.05) is 41.4 Å². The van der Waals surface area contributed by atoms with Gasteiger partial charge in [-0.25, -0.2) is 0 Å². The van der Waals surface area contributed by atoms with E-state index in [1.165, 1.54) is 7.11 Å². The summed E-state index contributed by atoms with van der Waals surface area (Å²) in [5.74, 6) is 1.33. The lowest BCUT2D eigenvalue weighted by Crippen LogP contribution is -1.99. The summed E-state index contributed by atoms with van der Waals surface area (Å²) >= 11 is 12.4. The molecule has 0 amide bonds. The van der Waals surface area contributed by atoms with Gasteiger partial charge in [-0.05, 0) is 23.4 Å². The van der Waals surface area contributed by atoms with E-state index in [9.17, 15) is 0 Å². The van der Waals surface area contributed by atoms with Crippen LogP contribution in [0.15, 0.2) is 36.4 Å². The molecule has 0 spiro atoms. The van der Waals surface area contributed by atoms with Crippen molar-refractivity contribution in [3.63, 3.8) is 0 Å². The molecule has 0 aliphatic rings. The van der Waals surface area contributed by atoms with Gasteiger partial charge in [0.1, 0.15) is 6.61 Å². The first-order valence-electron chi connectivity index (χ1n) is 6.66. The first kappa shape index (κ1) is 15.6. The molecule has 1 N–H and O–H groups in total. The quantitative estimate of drug-likeness (QED) is 0.758. The van der Waals surface area contributed by atoms with Crippen LogP contribution in [0.3, 0.4) is 0 Å². The minimum Gasteiger partial charge on any atom is -0.493 e. The molecule has 3 rings (SSSR count). The molecule has 8 heteroatoms. The largest absolute Gasteiger partial charge is 0.493 e. The fourth-order valence-electron chi connectivity index (χ4n) is 2.04. The van der Waals surface area contributed by atoms with Crippen LogP contribution in [0.2, 0.25) is 10.0 Å². The van der Waals surface area contributed by atoms with E-state index in [1.54, 1.807) is 18.2 Å². The summed E-state index contributed by atoms with van der Waals surface area (Å²) in [6.45, 7) is 0.275. The molecule has 0 saturated heterocycles. The van der Waals surface area contributed by atoms with Gasteiger partial charge in [0.15, 0.2) is 11.5 Å². The number of ether oxygens (including phenoxy) is 2. The predicted octanol–water partition coefficient (Wildman–Crippen LogP) is 3.76. The molecule has 3 aromatic rings. The summed E-state index contributed by atoms with van der Waals surface area (Å²) in [7, 11) is 1.54. The number of rotatable bonds is 5. The van der Waals surface area contributed by atoms with Crippen molar-refractivity contribution < 1.29 is 9.47 Å². The Hall–Kier alpha value is -2.31. The number of halogens is 2. The maximum Gasteiger partial charge on any atom is 0.204 e. The monoisotopic (exact) mass is 350 g/mol. The molecular formula is C15H12Cl2N4O2. The van der Waals surface area contributed by atoms with Gasteiger partial charge in [0, 0.05) is 16.1 Å². The summed E-state index contributed by atoms with van der Waals surface area (Å²) in [5, 5.41) is 14.8. The van der Waals surface area contributed by atoms with E-state index in [0.717, 1.165) is 5.56 Å². The molecule has 0 fully saturated rings. The van der Waals surface area contributed by atoms with Crippen LogP contribution in [0, 0.1) is 0 Å². The highest BCUT2D eigenvalue weighted by Gasteiger charge is 2.15. The zero-order chi connectivity index (χ0) is 16.2. The van der Waals surface area contributed by atoms with E-state index in [-0.39, 0.29) is 6.61 Å². The van der Waals surface area contributed by atoms with Gasteiger partial charge in [0.2, 0.25) is 5.82 Å². The standard InChI is InChI=1S/C15H12Cl2N4O2/c1-22-13-7-10(15-18-20-21-19-15)6-12(17)14(13)23-8-9-4-2-3-5-11(9)16/h2-7H,8H2,1H3,(H,18,19,20,21). The third-order valence-corrected chi connectivity index (χ3v) is 3.81. The topological polar surface area (TPSA) is 72.9 Å². The average molecular weight is 351 g/mol. The Balaban J connectivity index is 1.89. The fourth-order valence-corrected chi connectivity index (χ4v) is 2.49. The first-order chi connectivity index (χ1) is 11.2. The van der Waals surface area contributed by atoms with E-state index in [0.29, 0.717) is 32.9 Å². The highest BCUT2D eigenvalue weighted by molar-refractivity contribution is 6.32. The average Bonchev–Trinajstić information content (AvgIpc) is 3.09. The summed E-state index contributed by atoms with van der Waals surface area (Å²) in [6, 6.07) is 10.9. The summed E-state index contributed by atoms with van der Waals surface area (Å²) in [5.41, 5.74) is 1.53. The molecule has 118 valence electrons. The van der Waals surface area contributed by atoms with E-state index in [4.69, 9.17) is 32.7 Å². The smallest absolute Gasteiger partial charge is 0.204 e. The van der Waals surface area contributed by atoms with Gasteiger partial charge in [-0.15, -0.1) is 10.2 Å². The Morgan fingerprint density at radius 2 is 1.96 bits per heavy atom. The third-order valence-electron chi connectivity index (χ3n) is 3.16. The molecule has 0 radical (unpaired) electrons. The van der Waals surface area contributed by atoms with Gasteiger partial charge in [-0.2, -0.15) is 5.21 Å². The number of nitrogens with one attached hydrogen (secondary N) is 1. The number of aromatic amines is 1. The number of methoxy groups -OCH3 is 1. The Morgan fingerprint density at radius 3 is 2.65 bits per heavy atom. The lowest BCUT2D eigenvalue weighted by molar-refractivity contribution is 0.285. The van der Waals surface area contributed by atoms with Crippen molar-refractivity contribution in [1.29, 1.82) is 0 Å². The van der Waals surface area contributed by atoms with Gasteiger partial charge < -0.3 is 9.47 Å². The van der Waals surface area contributed by atoms with Crippen LogP contribution in [0.1, 0.15) is 5.56 Å². The number of hydrogen-bond acceptors (Lipinski definition) is 5. The van der Waals surface area contributed by atoms with Crippen LogP contribution in [0.4, 0.5) is 0 Å². The predicted molar refractivity (Wildman–Crippen MR) is 87.0 cm³/mol. The molecule has 1 heterocycles. The second-order valence-electron chi connectivity index (χ2n) is 4.60. The normalized spacial score (nSPS) is 10.6. The zero-order valence-electron chi connectivity index (χ0n) is 12.1. The Bertz CT molecular complexity index is 809. The molecule has 0 aliphatic heterocycles. The van der Waals surface area contributed by atoms with Crippen LogP contribution in [-0.2, 0) is 6.61 Å². The van der Waals surface area contributed by atoms with E-state index < -0.39 is 0 Å². The van der Waals surface area contributed by atoms with Crippen molar-refractivity contribution >= 4 is 23.2 Å². The number of nitrogens with zero attached hydrogens (tertiary/aromatic N) is 3. The fraction of sp³-hybridized carbons (Fsp3) is 0.133. The number of aromatic nitrogens is 4. The van der Waals surface area contributed by atoms with Crippen molar-refractivity contribution in [2.24, 2.45) is 0 Å². The van der Waals surface area contributed by atoms with Crippen LogP contribution in [-0.4, -0.2) is 27.7 Å². The van der Waals surface area contributed by atoms with E-state index >= 15 is 0 Å². The van der Waals surface area contributed by atoms with Gasteiger partial charge in [0.05, 0.1) is 12.1 Å². The zero-order valence-corrected chi connectivity index (χ0v) is 13.6. The SMILES string of the molecule is COc1cc(-c2nn[nH]n2)cc(Cl)c1OCc1ccccc1Cl. The van der Waals surface area contributed by atoms with Crippen LogP contribution >= 0.6 is 23.2 Å². The summed E-state index contributed by atoms with van der Waals surface area (Å²) in [4.78, 5) is 0. The first-order valence-corrected chi connectivity index (χ1v) is 7.42. The molecule has 23 heavy (non-hydrogen) atoms. The second kappa shape index (κ2) is 6.85. The number of tetrazole rings is 1. The summed E-state index contributed by atoms with van der Waals surface area (Å²) < 4.78 is 11.1. The molecule has 0 unspecified atom stereocenters. The van der Waals surface area contributed by atoms with Crippen LogP contribution in [0.5, 0.6) is 11.5 Å². The maximum absolute atomic E-state index is 6.31. The molecule has 0 bridgehead atoms. The van der Waals surface area contributed by atoms with Crippen LogP contribution in [0.25, 0.3) is 11.4 Å². The van der Waals surface area contributed by atoms with Gasteiger partial charge in [-0.3, -0.25) is 0 Å². The number of benzene rings is 2. The summed E-state index contributed by atoms with van der Waals surface area (Å²) in [6.07, 6.45) is 0. The third kappa shape index (κ3) is 3.38. The Kier molecular flexibility index (Phi) is 4.64. The van der Waals surface area contributed by atoms with Crippen molar-refractivity contribution in [2.75, 3.05) is 7.11 Å². The molecule has 2 aromatic carbocycles. The highest BCUT2D eigenvalue weighted by atomic mass is 35.5. The molecule has 0 saturated carbocycles. The minimum atomic E-state index is 0.275. The second-order valence-corrected chi connectivity index (χ2v) is 5.42. The molecule has 0 atom stereocenters. The van der Waals surface area contributed by atoms with E-state index in [1.807, 2.05) is 18.2 Å². The van der Waals surface area contributed by atoms with Crippen molar-refractivity contribution in [3.05, 3.63) is 52.0 Å². The molecular weight excluding hydrogens is 339 g/mol. The Labute approximate surface area is 142 Å². The van der Waals surface area contributed by atoms with Gasteiger partial charge in [0.25, 0.3) is 0 Å². The molecule has 6 nitrogen and oxygen atoms in total.